The fourth-order valence-corrected chi connectivity index (χ4v) is 1.55. The molecule has 0 spiro atoms. The molecule has 0 saturated carbocycles. The summed E-state index contributed by atoms with van der Waals surface area (Å²) in [5.41, 5.74) is 0.402. The van der Waals surface area contributed by atoms with Gasteiger partial charge in [0.25, 0.3) is 0 Å². The molecule has 1 amide bonds. The zero-order chi connectivity index (χ0) is 15.9. The number of amides is 1. The standard InChI is InChI=1S/C15H23FN4O/c1-5-17-14(20-15(2,3)4)18-10-13(21)19-12-8-6-11(16)7-9-12/h6-9H,5,10H2,1-4H3,(H,19,21)(H2,17,18,20). The fourth-order valence-electron chi connectivity index (χ4n) is 1.55. The highest BCUT2D eigenvalue weighted by molar-refractivity contribution is 5.94. The molecular formula is C15H23FN4O. The van der Waals surface area contributed by atoms with Gasteiger partial charge in [0.05, 0.1) is 0 Å². The summed E-state index contributed by atoms with van der Waals surface area (Å²) < 4.78 is 12.8. The molecule has 21 heavy (non-hydrogen) atoms. The van der Waals surface area contributed by atoms with Crippen molar-refractivity contribution in [1.82, 2.24) is 10.6 Å². The summed E-state index contributed by atoms with van der Waals surface area (Å²) in [4.78, 5) is 16.0. The van der Waals surface area contributed by atoms with E-state index < -0.39 is 0 Å². The van der Waals surface area contributed by atoms with Gasteiger partial charge in [0.2, 0.25) is 5.91 Å². The molecule has 1 aromatic carbocycles. The van der Waals surface area contributed by atoms with Crippen molar-refractivity contribution in [3.63, 3.8) is 0 Å². The average molecular weight is 294 g/mol. The lowest BCUT2D eigenvalue weighted by Crippen LogP contribution is -2.47. The summed E-state index contributed by atoms with van der Waals surface area (Å²) in [7, 11) is 0. The minimum Gasteiger partial charge on any atom is -0.357 e. The molecule has 0 aliphatic carbocycles. The van der Waals surface area contributed by atoms with Crippen LogP contribution >= 0.6 is 0 Å². The molecule has 0 aromatic heterocycles. The Bertz CT molecular complexity index is 491. The molecule has 0 fully saturated rings. The van der Waals surface area contributed by atoms with Gasteiger partial charge in [-0.1, -0.05) is 0 Å². The van der Waals surface area contributed by atoms with Gasteiger partial charge < -0.3 is 16.0 Å². The quantitative estimate of drug-likeness (QED) is 0.588. The molecule has 3 N–H and O–H groups in total. The fraction of sp³-hybridized carbons (Fsp3) is 0.467. The largest absolute Gasteiger partial charge is 0.357 e. The van der Waals surface area contributed by atoms with Crippen LogP contribution < -0.4 is 16.0 Å². The molecule has 0 heterocycles. The van der Waals surface area contributed by atoms with Crippen molar-refractivity contribution in [3.8, 4) is 0 Å². The highest BCUT2D eigenvalue weighted by atomic mass is 19.1. The van der Waals surface area contributed by atoms with Gasteiger partial charge in [0.15, 0.2) is 5.96 Å². The summed E-state index contributed by atoms with van der Waals surface area (Å²) in [5.74, 6) is -0.0122. The number of nitrogens with zero attached hydrogens (tertiary/aromatic N) is 1. The summed E-state index contributed by atoms with van der Waals surface area (Å²) in [6, 6.07) is 5.61. The summed E-state index contributed by atoms with van der Waals surface area (Å²) in [6.45, 7) is 8.69. The molecule has 116 valence electrons. The Hall–Kier alpha value is -2.11. The van der Waals surface area contributed by atoms with Crippen LogP contribution in [0.4, 0.5) is 10.1 Å². The zero-order valence-electron chi connectivity index (χ0n) is 13.0. The molecule has 6 heteroatoms. The van der Waals surface area contributed by atoms with Crippen LogP contribution in [0.3, 0.4) is 0 Å². The van der Waals surface area contributed by atoms with Crippen molar-refractivity contribution in [1.29, 1.82) is 0 Å². The molecule has 1 aromatic rings. The number of halogens is 1. The molecule has 0 bridgehead atoms. The molecule has 0 atom stereocenters. The molecule has 1 rings (SSSR count). The van der Waals surface area contributed by atoms with E-state index in [1.807, 2.05) is 27.7 Å². The highest BCUT2D eigenvalue weighted by Crippen LogP contribution is 2.07. The van der Waals surface area contributed by atoms with E-state index in [2.05, 4.69) is 20.9 Å². The van der Waals surface area contributed by atoms with Crippen molar-refractivity contribution in [2.75, 3.05) is 18.4 Å². The topological polar surface area (TPSA) is 65.5 Å². The van der Waals surface area contributed by atoms with Crippen molar-refractivity contribution in [3.05, 3.63) is 30.1 Å². The van der Waals surface area contributed by atoms with Crippen LogP contribution in [-0.2, 0) is 4.79 Å². The molecular weight excluding hydrogens is 271 g/mol. The number of aliphatic imine (C=N–C) groups is 1. The first-order valence-corrected chi connectivity index (χ1v) is 6.92. The third kappa shape index (κ3) is 7.29. The summed E-state index contributed by atoms with van der Waals surface area (Å²) in [6.07, 6.45) is 0. The Labute approximate surface area is 125 Å². The number of anilines is 1. The van der Waals surface area contributed by atoms with Crippen LogP contribution in [-0.4, -0.2) is 30.5 Å². The highest BCUT2D eigenvalue weighted by Gasteiger charge is 2.12. The first-order valence-electron chi connectivity index (χ1n) is 6.92. The Morgan fingerprint density at radius 1 is 1.24 bits per heavy atom. The molecule has 0 radical (unpaired) electrons. The Kier molecular flexibility index (Phi) is 6.14. The molecule has 0 saturated heterocycles. The maximum absolute atomic E-state index is 12.8. The third-order valence-electron chi connectivity index (χ3n) is 2.35. The van der Waals surface area contributed by atoms with E-state index in [0.717, 1.165) is 0 Å². The molecule has 5 nitrogen and oxygen atoms in total. The second kappa shape index (κ2) is 7.61. The van der Waals surface area contributed by atoms with E-state index in [1.165, 1.54) is 24.3 Å². The van der Waals surface area contributed by atoms with E-state index in [1.54, 1.807) is 0 Å². The number of hydrogen-bond acceptors (Lipinski definition) is 2. The van der Waals surface area contributed by atoms with E-state index in [0.29, 0.717) is 18.2 Å². The predicted octanol–water partition coefficient (Wildman–Crippen LogP) is 2.12. The van der Waals surface area contributed by atoms with Gasteiger partial charge in [-0.25, -0.2) is 9.38 Å². The van der Waals surface area contributed by atoms with Crippen LogP contribution in [0.15, 0.2) is 29.3 Å². The number of nitrogens with one attached hydrogen (secondary N) is 3. The number of hydrogen-bond donors (Lipinski definition) is 3. The predicted molar refractivity (Wildman–Crippen MR) is 83.9 cm³/mol. The Morgan fingerprint density at radius 3 is 2.38 bits per heavy atom. The Morgan fingerprint density at radius 2 is 1.86 bits per heavy atom. The zero-order valence-corrected chi connectivity index (χ0v) is 13.0. The van der Waals surface area contributed by atoms with E-state index in [9.17, 15) is 9.18 Å². The lowest BCUT2D eigenvalue weighted by molar-refractivity contribution is -0.114. The Balaban J connectivity index is 2.58. The van der Waals surface area contributed by atoms with E-state index in [-0.39, 0.29) is 23.8 Å². The lowest BCUT2D eigenvalue weighted by atomic mass is 10.1. The monoisotopic (exact) mass is 294 g/mol. The van der Waals surface area contributed by atoms with Gasteiger partial charge >= 0.3 is 0 Å². The maximum atomic E-state index is 12.8. The SMILES string of the molecule is CCNC(=NCC(=O)Nc1ccc(F)cc1)NC(C)(C)C. The van der Waals surface area contributed by atoms with E-state index in [4.69, 9.17) is 0 Å². The maximum Gasteiger partial charge on any atom is 0.246 e. The van der Waals surface area contributed by atoms with Crippen molar-refractivity contribution in [2.45, 2.75) is 33.2 Å². The van der Waals surface area contributed by atoms with Gasteiger partial charge in [-0.15, -0.1) is 0 Å². The summed E-state index contributed by atoms with van der Waals surface area (Å²) >= 11 is 0. The van der Waals surface area contributed by atoms with Crippen molar-refractivity contribution in [2.24, 2.45) is 4.99 Å². The second-order valence-corrected chi connectivity index (χ2v) is 5.63. The van der Waals surface area contributed by atoms with Crippen molar-refractivity contribution < 1.29 is 9.18 Å². The number of carbonyl (C=O) groups excluding carboxylic acids is 1. The number of guanidine groups is 1. The number of carbonyl (C=O) groups is 1. The summed E-state index contributed by atoms with van der Waals surface area (Å²) in [5, 5.41) is 8.93. The molecule has 0 aliphatic rings. The normalized spacial score (nSPS) is 12.0. The van der Waals surface area contributed by atoms with Crippen LogP contribution in [0.1, 0.15) is 27.7 Å². The third-order valence-corrected chi connectivity index (χ3v) is 2.35. The van der Waals surface area contributed by atoms with Gasteiger partial charge in [-0.3, -0.25) is 4.79 Å². The van der Waals surface area contributed by atoms with Crippen LogP contribution in [0.2, 0.25) is 0 Å². The minimum absolute atomic E-state index is 0.0111. The smallest absolute Gasteiger partial charge is 0.246 e. The van der Waals surface area contributed by atoms with Gasteiger partial charge in [0, 0.05) is 17.8 Å². The lowest BCUT2D eigenvalue weighted by Gasteiger charge is -2.23. The first kappa shape index (κ1) is 16.9. The average Bonchev–Trinajstić information content (AvgIpc) is 2.37. The number of benzene rings is 1. The number of rotatable bonds is 4. The van der Waals surface area contributed by atoms with Crippen LogP contribution in [0.5, 0.6) is 0 Å². The van der Waals surface area contributed by atoms with Crippen LogP contribution in [0, 0.1) is 5.82 Å². The van der Waals surface area contributed by atoms with Crippen molar-refractivity contribution >= 4 is 17.6 Å². The van der Waals surface area contributed by atoms with Gasteiger partial charge in [-0.05, 0) is 52.0 Å². The minimum atomic E-state index is -0.338. The second-order valence-electron chi connectivity index (χ2n) is 5.63. The van der Waals surface area contributed by atoms with Gasteiger partial charge in [-0.2, -0.15) is 0 Å². The van der Waals surface area contributed by atoms with Crippen LogP contribution in [0.25, 0.3) is 0 Å². The first-order chi connectivity index (χ1) is 9.80. The van der Waals surface area contributed by atoms with Gasteiger partial charge in [0.1, 0.15) is 12.4 Å². The molecule has 0 aliphatic heterocycles. The van der Waals surface area contributed by atoms with E-state index >= 15 is 0 Å². The molecule has 0 unspecified atom stereocenters.